The van der Waals surface area contributed by atoms with E-state index >= 15 is 0 Å². The summed E-state index contributed by atoms with van der Waals surface area (Å²) in [6.45, 7) is 0. The molecular formula is C15H9ClF3NO3. The molecule has 0 radical (unpaired) electrons. The van der Waals surface area contributed by atoms with E-state index < -0.39 is 47.6 Å². The van der Waals surface area contributed by atoms with Crippen LogP contribution in [-0.4, -0.2) is 24.0 Å². The minimum Gasteiger partial charge on any atom is -0.365 e. The Morgan fingerprint density at radius 2 is 1.61 bits per heavy atom. The number of fused-ring (bicyclic) bond motifs is 5. The van der Waals surface area contributed by atoms with Gasteiger partial charge in [0, 0.05) is 0 Å². The fourth-order valence-corrected chi connectivity index (χ4v) is 3.60. The van der Waals surface area contributed by atoms with Gasteiger partial charge in [0.1, 0.15) is 0 Å². The Balaban J connectivity index is 1.78. The zero-order chi connectivity index (χ0) is 16.5. The van der Waals surface area contributed by atoms with E-state index in [1.807, 2.05) is 0 Å². The topological polar surface area (TPSA) is 46.6 Å². The van der Waals surface area contributed by atoms with Gasteiger partial charge in [0.25, 0.3) is 0 Å². The molecule has 0 aliphatic carbocycles. The number of benzene rings is 1. The molecule has 3 aliphatic rings. The number of hydrogen-bond donors (Lipinski definition) is 0. The van der Waals surface area contributed by atoms with Gasteiger partial charge in [0.15, 0.2) is 0 Å². The molecule has 2 saturated heterocycles. The molecule has 2 fully saturated rings. The number of carbonyl (C=O) groups is 2. The Morgan fingerprint density at radius 3 is 2.13 bits per heavy atom. The van der Waals surface area contributed by atoms with Crippen LogP contribution in [0.2, 0.25) is 5.02 Å². The van der Waals surface area contributed by atoms with Crippen molar-refractivity contribution in [2.75, 3.05) is 4.90 Å². The van der Waals surface area contributed by atoms with Crippen molar-refractivity contribution in [1.82, 2.24) is 0 Å². The molecule has 2 bridgehead atoms. The lowest BCUT2D eigenvalue weighted by Crippen LogP contribution is -2.34. The van der Waals surface area contributed by atoms with E-state index in [1.54, 1.807) is 12.2 Å². The van der Waals surface area contributed by atoms with Gasteiger partial charge in [-0.25, -0.2) is 4.90 Å². The molecule has 0 saturated carbocycles. The fourth-order valence-electron chi connectivity index (χ4n) is 3.40. The van der Waals surface area contributed by atoms with Crippen LogP contribution in [0, 0.1) is 11.8 Å². The van der Waals surface area contributed by atoms with Crippen molar-refractivity contribution in [3.8, 4) is 0 Å². The van der Waals surface area contributed by atoms with Gasteiger partial charge in [-0.05, 0) is 18.2 Å². The SMILES string of the molecule is O=C1[C@@H]2[C@H](C(=O)N1c1cc(C(F)(F)F)ccc1Cl)[C@H]1C=C[C@@H]2O1. The van der Waals surface area contributed by atoms with E-state index in [0.29, 0.717) is 0 Å². The highest BCUT2D eigenvalue weighted by Gasteiger charge is 2.61. The Hall–Kier alpha value is -1.86. The van der Waals surface area contributed by atoms with Gasteiger partial charge in [0.05, 0.1) is 40.3 Å². The molecule has 0 N–H and O–H groups in total. The number of carbonyl (C=O) groups excluding carboxylic acids is 2. The van der Waals surface area contributed by atoms with Crippen molar-refractivity contribution in [3.63, 3.8) is 0 Å². The lowest BCUT2D eigenvalue weighted by Gasteiger charge is -2.20. The quantitative estimate of drug-likeness (QED) is 0.582. The molecule has 23 heavy (non-hydrogen) atoms. The summed E-state index contributed by atoms with van der Waals surface area (Å²) < 4.78 is 44.1. The molecule has 1 aromatic carbocycles. The standard InChI is InChI=1S/C15H9ClF3NO3/c16-7-2-1-6(15(17,18)19)5-8(7)20-13(21)11-9-3-4-10(23-9)12(11)14(20)22/h1-5,9-12H/t9-,10+,11-,12+. The Bertz CT molecular complexity index is 731. The first kappa shape index (κ1) is 14.7. The maximum absolute atomic E-state index is 12.9. The number of halogens is 4. The Kier molecular flexibility index (Phi) is 2.93. The Morgan fingerprint density at radius 1 is 1.04 bits per heavy atom. The van der Waals surface area contributed by atoms with E-state index in [9.17, 15) is 22.8 Å². The second-order valence-electron chi connectivity index (χ2n) is 5.68. The molecule has 1 aromatic rings. The average molecular weight is 344 g/mol. The summed E-state index contributed by atoms with van der Waals surface area (Å²) in [5, 5.41) is -0.0825. The summed E-state index contributed by atoms with van der Waals surface area (Å²) in [7, 11) is 0. The predicted octanol–water partition coefficient (Wildman–Crippen LogP) is 2.80. The first-order valence-electron chi connectivity index (χ1n) is 6.87. The number of rotatable bonds is 1. The molecule has 4 atom stereocenters. The third kappa shape index (κ3) is 1.96. The number of nitrogens with zero attached hydrogens (tertiary/aromatic N) is 1. The molecule has 0 unspecified atom stereocenters. The van der Waals surface area contributed by atoms with Crippen LogP contribution in [-0.2, 0) is 20.5 Å². The van der Waals surface area contributed by atoms with Crippen LogP contribution >= 0.6 is 11.6 Å². The summed E-state index contributed by atoms with van der Waals surface area (Å²) >= 11 is 5.94. The zero-order valence-corrected chi connectivity index (χ0v) is 12.1. The zero-order valence-electron chi connectivity index (χ0n) is 11.4. The van der Waals surface area contributed by atoms with Gasteiger partial charge in [-0.3, -0.25) is 9.59 Å². The van der Waals surface area contributed by atoms with Crippen molar-refractivity contribution in [2.24, 2.45) is 11.8 Å². The van der Waals surface area contributed by atoms with Crippen molar-refractivity contribution >= 4 is 29.1 Å². The monoisotopic (exact) mass is 343 g/mol. The highest BCUT2D eigenvalue weighted by atomic mass is 35.5. The molecule has 0 aromatic heterocycles. The second-order valence-corrected chi connectivity index (χ2v) is 6.08. The van der Waals surface area contributed by atoms with Crippen LogP contribution in [0.1, 0.15) is 5.56 Å². The van der Waals surface area contributed by atoms with E-state index in [4.69, 9.17) is 16.3 Å². The maximum Gasteiger partial charge on any atom is 0.416 e. The van der Waals surface area contributed by atoms with Gasteiger partial charge >= 0.3 is 6.18 Å². The third-order valence-electron chi connectivity index (χ3n) is 4.42. The second kappa shape index (κ2) is 4.58. The summed E-state index contributed by atoms with van der Waals surface area (Å²) in [6, 6.07) is 2.58. The first-order chi connectivity index (χ1) is 10.8. The predicted molar refractivity (Wildman–Crippen MR) is 73.7 cm³/mol. The maximum atomic E-state index is 12.9. The number of anilines is 1. The number of hydrogen-bond acceptors (Lipinski definition) is 3. The van der Waals surface area contributed by atoms with Gasteiger partial charge in [-0.15, -0.1) is 0 Å². The molecule has 8 heteroatoms. The normalized spacial score (nSPS) is 32.1. The lowest BCUT2D eigenvalue weighted by atomic mass is 9.85. The summed E-state index contributed by atoms with van der Waals surface area (Å²) in [4.78, 5) is 25.9. The van der Waals surface area contributed by atoms with Crippen LogP contribution < -0.4 is 4.90 Å². The molecule has 120 valence electrons. The number of imide groups is 1. The van der Waals surface area contributed by atoms with E-state index in [-0.39, 0.29) is 10.7 Å². The minimum absolute atomic E-state index is 0.0825. The van der Waals surface area contributed by atoms with E-state index in [1.165, 1.54) is 0 Å². The van der Waals surface area contributed by atoms with Gasteiger partial charge in [0.2, 0.25) is 11.8 Å². The van der Waals surface area contributed by atoms with Crippen molar-refractivity contribution in [3.05, 3.63) is 40.9 Å². The van der Waals surface area contributed by atoms with E-state index in [0.717, 1.165) is 23.1 Å². The lowest BCUT2D eigenvalue weighted by molar-refractivity contribution is -0.137. The summed E-state index contributed by atoms with van der Waals surface area (Å²) in [5.41, 5.74) is -1.20. The molecule has 0 spiro atoms. The third-order valence-corrected chi connectivity index (χ3v) is 4.74. The largest absolute Gasteiger partial charge is 0.416 e. The summed E-state index contributed by atoms with van der Waals surface area (Å²) in [5.74, 6) is -2.53. The van der Waals surface area contributed by atoms with Crippen LogP contribution in [0.15, 0.2) is 30.4 Å². The minimum atomic E-state index is -4.59. The van der Waals surface area contributed by atoms with E-state index in [2.05, 4.69) is 0 Å². The average Bonchev–Trinajstić information content (AvgIpc) is 3.13. The van der Waals surface area contributed by atoms with Crippen LogP contribution in [0.25, 0.3) is 0 Å². The van der Waals surface area contributed by atoms with Crippen molar-refractivity contribution in [1.29, 1.82) is 0 Å². The number of amides is 2. The highest BCUT2D eigenvalue weighted by molar-refractivity contribution is 6.36. The smallest absolute Gasteiger partial charge is 0.365 e. The highest BCUT2D eigenvalue weighted by Crippen LogP contribution is 2.47. The molecule has 2 amide bonds. The van der Waals surface area contributed by atoms with Crippen molar-refractivity contribution in [2.45, 2.75) is 18.4 Å². The first-order valence-corrected chi connectivity index (χ1v) is 7.25. The van der Waals surface area contributed by atoms with Gasteiger partial charge in [-0.2, -0.15) is 13.2 Å². The fraction of sp³-hybridized carbons (Fsp3) is 0.333. The molecule has 3 heterocycles. The molecule has 3 aliphatic heterocycles. The number of ether oxygens (including phenoxy) is 1. The molecule has 4 rings (SSSR count). The number of alkyl halides is 3. The Labute approximate surface area is 133 Å². The van der Waals surface area contributed by atoms with Crippen LogP contribution in [0.4, 0.5) is 18.9 Å². The van der Waals surface area contributed by atoms with Gasteiger partial charge in [-0.1, -0.05) is 23.8 Å². The molecule has 4 nitrogen and oxygen atoms in total. The molecular weight excluding hydrogens is 335 g/mol. The van der Waals surface area contributed by atoms with Crippen LogP contribution in [0.5, 0.6) is 0 Å². The van der Waals surface area contributed by atoms with Crippen LogP contribution in [0.3, 0.4) is 0 Å². The summed E-state index contributed by atoms with van der Waals surface area (Å²) in [6.07, 6.45) is -2.19. The van der Waals surface area contributed by atoms with Crippen molar-refractivity contribution < 1.29 is 27.5 Å². The van der Waals surface area contributed by atoms with Gasteiger partial charge < -0.3 is 4.74 Å².